The van der Waals surface area contributed by atoms with Crippen LogP contribution in [0.15, 0.2) is 24.5 Å². The first-order chi connectivity index (χ1) is 8.93. The molecule has 0 aliphatic carbocycles. The van der Waals surface area contributed by atoms with Crippen molar-refractivity contribution in [2.24, 2.45) is 5.73 Å². The van der Waals surface area contributed by atoms with E-state index in [1.54, 1.807) is 12.3 Å². The highest BCUT2D eigenvalue weighted by Crippen LogP contribution is 2.35. The van der Waals surface area contributed by atoms with Crippen LogP contribution in [0.1, 0.15) is 34.1 Å². The van der Waals surface area contributed by atoms with E-state index >= 15 is 0 Å². The first kappa shape index (κ1) is 14.0. The van der Waals surface area contributed by atoms with Gasteiger partial charge in [0.05, 0.1) is 11.7 Å². The number of aromatic nitrogens is 2. The minimum Gasteiger partial charge on any atom is -0.318 e. The van der Waals surface area contributed by atoms with Crippen molar-refractivity contribution in [1.82, 2.24) is 9.97 Å². The zero-order valence-electron chi connectivity index (χ0n) is 10.1. The molecule has 0 saturated carbocycles. The molecule has 1 atom stereocenters. The molecule has 19 heavy (non-hydrogen) atoms. The molecular formula is C12H12F3N3S. The second-order valence-corrected chi connectivity index (χ2v) is 5.01. The van der Waals surface area contributed by atoms with Crippen molar-refractivity contribution in [3.05, 3.63) is 45.7 Å². The zero-order valence-corrected chi connectivity index (χ0v) is 10.9. The van der Waals surface area contributed by atoms with Crippen molar-refractivity contribution in [2.45, 2.75) is 25.6 Å². The minimum atomic E-state index is -4.43. The molecular weight excluding hydrogens is 275 g/mol. The van der Waals surface area contributed by atoms with Gasteiger partial charge in [0, 0.05) is 17.3 Å². The van der Waals surface area contributed by atoms with Crippen LogP contribution in [0, 0.1) is 0 Å². The number of hydrogen-bond acceptors (Lipinski definition) is 4. The van der Waals surface area contributed by atoms with Crippen molar-refractivity contribution in [3.63, 3.8) is 0 Å². The summed E-state index contributed by atoms with van der Waals surface area (Å²) in [4.78, 5) is 7.91. The van der Waals surface area contributed by atoms with Crippen LogP contribution < -0.4 is 5.73 Å². The van der Waals surface area contributed by atoms with Gasteiger partial charge in [-0.25, -0.2) is 4.98 Å². The van der Waals surface area contributed by atoms with Gasteiger partial charge in [-0.15, -0.1) is 11.3 Å². The average molecular weight is 287 g/mol. The number of thiazole rings is 1. The third-order valence-corrected chi connectivity index (χ3v) is 3.80. The number of hydrogen-bond donors (Lipinski definition) is 1. The van der Waals surface area contributed by atoms with Crippen LogP contribution in [0.5, 0.6) is 0 Å². The van der Waals surface area contributed by atoms with Gasteiger partial charge in [0.2, 0.25) is 0 Å². The van der Waals surface area contributed by atoms with Crippen molar-refractivity contribution in [3.8, 4) is 0 Å². The Morgan fingerprint density at radius 2 is 2.11 bits per heavy atom. The Balaban J connectivity index is 2.34. The van der Waals surface area contributed by atoms with E-state index in [1.165, 1.54) is 6.20 Å². The van der Waals surface area contributed by atoms with Gasteiger partial charge in [0.1, 0.15) is 0 Å². The van der Waals surface area contributed by atoms with Crippen LogP contribution in [0.4, 0.5) is 13.2 Å². The molecule has 0 saturated heterocycles. The monoisotopic (exact) mass is 287 g/mol. The molecule has 2 N–H and O–H groups in total. The van der Waals surface area contributed by atoms with Gasteiger partial charge in [-0.2, -0.15) is 13.2 Å². The molecule has 2 aromatic rings. The second-order valence-electron chi connectivity index (χ2n) is 3.94. The van der Waals surface area contributed by atoms with E-state index in [9.17, 15) is 13.2 Å². The highest BCUT2D eigenvalue weighted by atomic mass is 32.1. The van der Waals surface area contributed by atoms with Crippen LogP contribution in [0.25, 0.3) is 0 Å². The lowest BCUT2D eigenvalue weighted by molar-refractivity contribution is -0.137. The summed E-state index contributed by atoms with van der Waals surface area (Å²) < 4.78 is 37.5. The van der Waals surface area contributed by atoms with E-state index in [4.69, 9.17) is 5.73 Å². The molecule has 102 valence electrons. The van der Waals surface area contributed by atoms with Gasteiger partial charge in [0.15, 0.2) is 5.01 Å². The first-order valence-corrected chi connectivity index (χ1v) is 6.47. The summed E-state index contributed by atoms with van der Waals surface area (Å²) in [7, 11) is 0. The predicted octanol–water partition coefficient (Wildman–Crippen LogP) is 3.17. The van der Waals surface area contributed by atoms with E-state index in [0.717, 1.165) is 12.0 Å². The summed E-state index contributed by atoms with van der Waals surface area (Å²) in [5.41, 5.74) is 7.52. The van der Waals surface area contributed by atoms with Gasteiger partial charge < -0.3 is 5.73 Å². The van der Waals surface area contributed by atoms with Crippen molar-refractivity contribution in [2.75, 3.05) is 0 Å². The van der Waals surface area contributed by atoms with E-state index in [2.05, 4.69) is 9.97 Å². The molecule has 3 nitrogen and oxygen atoms in total. The Kier molecular flexibility index (Phi) is 3.86. The molecule has 0 aliphatic rings. The second kappa shape index (κ2) is 5.26. The average Bonchev–Trinajstić information content (AvgIpc) is 2.87. The number of alkyl halides is 3. The molecule has 2 heterocycles. The Morgan fingerprint density at radius 3 is 2.68 bits per heavy atom. The van der Waals surface area contributed by atoms with Crippen LogP contribution in [-0.4, -0.2) is 9.97 Å². The van der Waals surface area contributed by atoms with E-state index < -0.39 is 17.2 Å². The fourth-order valence-corrected chi connectivity index (χ4v) is 2.51. The number of pyridine rings is 1. The Hall–Kier alpha value is -1.47. The topological polar surface area (TPSA) is 51.8 Å². The number of halogens is 3. The lowest BCUT2D eigenvalue weighted by Crippen LogP contribution is -2.14. The summed E-state index contributed by atoms with van der Waals surface area (Å²) in [6.07, 6.45) is -0.950. The van der Waals surface area contributed by atoms with Gasteiger partial charge in [-0.3, -0.25) is 4.98 Å². The van der Waals surface area contributed by atoms with Crippen LogP contribution in [-0.2, 0) is 12.6 Å². The van der Waals surface area contributed by atoms with Gasteiger partial charge >= 0.3 is 6.18 Å². The predicted molar refractivity (Wildman–Crippen MR) is 66.8 cm³/mol. The Morgan fingerprint density at radius 1 is 1.37 bits per heavy atom. The number of rotatable bonds is 3. The molecule has 0 spiro atoms. The summed E-state index contributed by atoms with van der Waals surface area (Å²) in [6, 6.07) is 2.97. The fraction of sp³-hybridized carbons (Fsp3) is 0.333. The smallest absolute Gasteiger partial charge is 0.318 e. The fourth-order valence-electron chi connectivity index (χ4n) is 1.73. The van der Waals surface area contributed by atoms with E-state index in [0.29, 0.717) is 21.9 Å². The van der Waals surface area contributed by atoms with Gasteiger partial charge in [-0.1, -0.05) is 13.0 Å². The quantitative estimate of drug-likeness (QED) is 0.943. The largest absolute Gasteiger partial charge is 0.443 e. The Labute approximate surface area is 112 Å². The minimum absolute atomic E-state index is 0.362. The summed E-state index contributed by atoms with van der Waals surface area (Å²) in [5, 5.41) is -0.882. The summed E-state index contributed by atoms with van der Waals surface area (Å²) >= 11 is 0.561. The van der Waals surface area contributed by atoms with Gasteiger partial charge in [-0.05, 0) is 18.1 Å². The highest BCUT2D eigenvalue weighted by Gasteiger charge is 2.35. The van der Waals surface area contributed by atoms with Crippen molar-refractivity contribution in [1.29, 1.82) is 0 Å². The molecule has 0 fully saturated rings. The Bertz CT molecular complexity index is 565. The van der Waals surface area contributed by atoms with Crippen LogP contribution in [0.3, 0.4) is 0 Å². The third-order valence-electron chi connectivity index (χ3n) is 2.67. The maximum absolute atomic E-state index is 12.5. The van der Waals surface area contributed by atoms with Crippen molar-refractivity contribution >= 4 is 11.3 Å². The first-order valence-electron chi connectivity index (χ1n) is 5.65. The number of nitrogens with zero attached hydrogens (tertiary/aromatic N) is 2. The molecule has 7 heteroatoms. The maximum atomic E-state index is 12.5. The maximum Gasteiger partial charge on any atom is 0.443 e. The molecule has 2 aromatic heterocycles. The van der Waals surface area contributed by atoms with Crippen LogP contribution in [0.2, 0.25) is 0 Å². The molecule has 0 radical (unpaired) electrons. The third kappa shape index (κ3) is 2.93. The van der Waals surface area contributed by atoms with Crippen molar-refractivity contribution < 1.29 is 13.2 Å². The SMILES string of the molecule is CCc1cccnc1C(N)c1cnc(C(F)(F)F)s1. The molecule has 0 aromatic carbocycles. The van der Waals surface area contributed by atoms with E-state index in [1.807, 2.05) is 13.0 Å². The summed E-state index contributed by atoms with van der Waals surface area (Å²) in [5.74, 6) is 0. The number of nitrogens with two attached hydrogens (primary N) is 1. The normalized spacial score (nSPS) is 13.5. The molecule has 1 unspecified atom stereocenters. The van der Waals surface area contributed by atoms with E-state index in [-0.39, 0.29) is 0 Å². The van der Waals surface area contributed by atoms with Gasteiger partial charge in [0.25, 0.3) is 0 Å². The molecule has 0 bridgehead atoms. The lowest BCUT2D eigenvalue weighted by atomic mass is 10.1. The lowest BCUT2D eigenvalue weighted by Gasteiger charge is -2.12. The zero-order chi connectivity index (χ0) is 14.0. The molecule has 2 rings (SSSR count). The molecule has 0 aliphatic heterocycles. The van der Waals surface area contributed by atoms with Crippen LogP contribution >= 0.6 is 11.3 Å². The standard InChI is InChI=1S/C12H12F3N3S/c1-2-7-4-3-5-17-10(7)9(16)8-6-18-11(19-8)12(13,14)15/h3-6,9H,2,16H2,1H3. The number of aryl methyl sites for hydroxylation is 1. The summed E-state index contributed by atoms with van der Waals surface area (Å²) in [6.45, 7) is 1.95. The highest BCUT2D eigenvalue weighted by molar-refractivity contribution is 7.11. The molecule has 0 amide bonds.